The topological polar surface area (TPSA) is 78.7 Å². The number of amides is 1. The molecule has 2 aromatic carbocycles. The zero-order valence-corrected chi connectivity index (χ0v) is 18.8. The zero-order chi connectivity index (χ0) is 23.2. The lowest BCUT2D eigenvalue weighted by Gasteiger charge is -2.34. The highest BCUT2D eigenvalue weighted by molar-refractivity contribution is 5.78. The smallest absolute Gasteiger partial charge is 0.248 e. The molecule has 0 aliphatic carbocycles. The van der Waals surface area contributed by atoms with Crippen LogP contribution < -0.4 is 9.64 Å². The van der Waals surface area contributed by atoms with E-state index in [4.69, 9.17) is 9.47 Å². The summed E-state index contributed by atoms with van der Waals surface area (Å²) in [4.78, 5) is 20.1. The first-order chi connectivity index (χ1) is 16.1. The van der Waals surface area contributed by atoms with E-state index < -0.39 is 0 Å². The number of hydrogen-bond acceptors (Lipinski definition) is 6. The molecule has 0 spiro atoms. The fourth-order valence-electron chi connectivity index (χ4n) is 3.98. The Bertz CT molecular complexity index is 1140. The molecule has 0 N–H and O–H groups in total. The van der Waals surface area contributed by atoms with Gasteiger partial charge in [-0.1, -0.05) is 12.1 Å². The second-order valence-corrected chi connectivity index (χ2v) is 7.84. The number of nitriles is 1. The lowest BCUT2D eigenvalue weighted by Crippen LogP contribution is -2.50. The average Bonchev–Trinajstić information content (AvgIpc) is 2.85. The van der Waals surface area contributed by atoms with Crippen molar-refractivity contribution in [3.8, 4) is 17.6 Å². The third-order valence-corrected chi connectivity index (χ3v) is 5.72. The Labute approximate surface area is 193 Å². The van der Waals surface area contributed by atoms with Crippen molar-refractivity contribution in [2.45, 2.75) is 19.4 Å². The van der Waals surface area contributed by atoms with Crippen LogP contribution in [0.25, 0.3) is 0 Å². The summed E-state index contributed by atoms with van der Waals surface area (Å²) in [6, 6.07) is 21.3. The normalized spacial score (nSPS) is 15.7. The van der Waals surface area contributed by atoms with Gasteiger partial charge in [-0.05, 0) is 67.4 Å². The third-order valence-electron chi connectivity index (χ3n) is 5.72. The fourth-order valence-corrected chi connectivity index (χ4v) is 3.98. The van der Waals surface area contributed by atoms with Crippen LogP contribution in [-0.2, 0) is 16.0 Å². The van der Waals surface area contributed by atoms with Crippen molar-refractivity contribution in [1.29, 1.82) is 5.26 Å². The second kappa shape index (κ2) is 10.2. The Kier molecular flexibility index (Phi) is 6.86. The lowest BCUT2D eigenvalue weighted by molar-refractivity contribution is -0.147. The first-order valence-electron chi connectivity index (χ1n) is 10.9. The van der Waals surface area contributed by atoms with Gasteiger partial charge < -0.3 is 19.3 Å². The van der Waals surface area contributed by atoms with Crippen LogP contribution in [0.2, 0.25) is 0 Å². The molecule has 2 heterocycles. The van der Waals surface area contributed by atoms with Crippen LogP contribution in [0.1, 0.15) is 18.1 Å². The summed E-state index contributed by atoms with van der Waals surface area (Å²) in [7, 11) is 1.88. The van der Waals surface area contributed by atoms with E-state index in [0.717, 1.165) is 23.4 Å². The molecule has 1 aliphatic heterocycles. The summed E-state index contributed by atoms with van der Waals surface area (Å²) in [6.45, 7) is 3.42. The summed E-state index contributed by atoms with van der Waals surface area (Å²) in [5.74, 6) is 2.11. The molecule has 33 heavy (non-hydrogen) atoms. The molecule has 4 rings (SSSR count). The van der Waals surface area contributed by atoms with Gasteiger partial charge in [-0.2, -0.15) is 5.26 Å². The van der Waals surface area contributed by atoms with Crippen LogP contribution in [0.5, 0.6) is 11.5 Å². The van der Waals surface area contributed by atoms with E-state index in [1.165, 1.54) is 0 Å². The van der Waals surface area contributed by atoms with Crippen LogP contribution in [0.4, 0.5) is 11.5 Å². The quantitative estimate of drug-likeness (QED) is 0.543. The Hall–Kier alpha value is -3.89. The second-order valence-electron chi connectivity index (χ2n) is 7.84. The molecule has 1 amide bonds. The molecular formula is C26H26N4O3. The Morgan fingerprint density at radius 1 is 1.15 bits per heavy atom. The molecular weight excluding hydrogens is 416 g/mol. The number of aromatic nitrogens is 1. The highest BCUT2D eigenvalue weighted by Crippen LogP contribution is 2.28. The Morgan fingerprint density at radius 2 is 1.85 bits per heavy atom. The van der Waals surface area contributed by atoms with Crippen LogP contribution >= 0.6 is 0 Å². The fraction of sp³-hybridized carbons (Fsp3) is 0.269. The number of hydrogen-bond donors (Lipinski definition) is 0. The number of carbonyl (C=O) groups excluding carboxylic acids is 1. The van der Waals surface area contributed by atoms with Gasteiger partial charge in [-0.25, -0.2) is 4.98 Å². The number of benzene rings is 2. The van der Waals surface area contributed by atoms with Crippen LogP contribution in [0, 0.1) is 11.3 Å². The third kappa shape index (κ3) is 5.13. The molecule has 7 heteroatoms. The lowest BCUT2D eigenvalue weighted by atomic mass is 10.0. The van der Waals surface area contributed by atoms with Gasteiger partial charge in [0.15, 0.2) is 5.82 Å². The van der Waals surface area contributed by atoms with Crippen molar-refractivity contribution in [2.75, 3.05) is 31.7 Å². The molecule has 1 aliphatic rings. The molecule has 1 unspecified atom stereocenters. The van der Waals surface area contributed by atoms with Gasteiger partial charge in [-0.3, -0.25) is 4.79 Å². The first-order valence-corrected chi connectivity index (χ1v) is 10.9. The van der Waals surface area contributed by atoms with Crippen LogP contribution in [-0.4, -0.2) is 48.6 Å². The first kappa shape index (κ1) is 22.3. The van der Waals surface area contributed by atoms with Crippen molar-refractivity contribution >= 4 is 17.4 Å². The van der Waals surface area contributed by atoms with Crippen LogP contribution in [0.15, 0.2) is 66.9 Å². The van der Waals surface area contributed by atoms with E-state index in [1.807, 2.05) is 72.3 Å². The Morgan fingerprint density at radius 3 is 2.52 bits per heavy atom. The summed E-state index contributed by atoms with van der Waals surface area (Å²) in [5.41, 5.74) is 2.55. The van der Waals surface area contributed by atoms with Gasteiger partial charge in [0.25, 0.3) is 0 Å². The molecule has 1 saturated heterocycles. The number of morpholine rings is 1. The minimum absolute atomic E-state index is 0.0506. The molecule has 1 fully saturated rings. The number of rotatable bonds is 7. The molecule has 0 bridgehead atoms. The van der Waals surface area contributed by atoms with Crippen molar-refractivity contribution in [2.24, 2.45) is 0 Å². The molecule has 168 valence electrons. The highest BCUT2D eigenvalue weighted by atomic mass is 16.5. The van der Waals surface area contributed by atoms with Crippen LogP contribution in [0.3, 0.4) is 0 Å². The number of pyridine rings is 1. The maximum Gasteiger partial charge on any atom is 0.248 e. The summed E-state index contributed by atoms with van der Waals surface area (Å²) < 4.78 is 11.4. The number of ether oxygens (including phenoxy) is 2. The predicted octanol–water partition coefficient (Wildman–Crippen LogP) is 4.30. The summed E-state index contributed by atoms with van der Waals surface area (Å²) >= 11 is 0. The molecule has 1 atom stereocenters. The van der Waals surface area contributed by atoms with Crippen molar-refractivity contribution < 1.29 is 14.3 Å². The van der Waals surface area contributed by atoms with Gasteiger partial charge in [-0.15, -0.1) is 0 Å². The van der Waals surface area contributed by atoms with E-state index in [-0.39, 0.29) is 18.6 Å². The molecule has 1 aromatic heterocycles. The van der Waals surface area contributed by atoms with Crippen molar-refractivity contribution in [3.63, 3.8) is 0 Å². The number of likely N-dealkylation sites (N-methyl/N-ethyl adjacent to an activating group) is 1. The molecule has 3 aromatic rings. The highest BCUT2D eigenvalue weighted by Gasteiger charge is 2.27. The maximum absolute atomic E-state index is 12.0. The largest absolute Gasteiger partial charge is 0.457 e. The molecule has 0 radical (unpaired) electrons. The van der Waals surface area contributed by atoms with Gasteiger partial charge in [0.05, 0.1) is 18.2 Å². The van der Waals surface area contributed by atoms with Gasteiger partial charge in [0, 0.05) is 25.5 Å². The molecule has 0 saturated carbocycles. The van der Waals surface area contributed by atoms with E-state index in [1.54, 1.807) is 18.3 Å². The summed E-state index contributed by atoms with van der Waals surface area (Å²) in [6.07, 6.45) is 2.42. The predicted molar refractivity (Wildman–Crippen MR) is 126 cm³/mol. The number of anilines is 2. The summed E-state index contributed by atoms with van der Waals surface area (Å²) in [5, 5.41) is 9.31. The minimum Gasteiger partial charge on any atom is -0.457 e. The standard InChI is InChI=1S/C26H26N4O3/c1-3-30-22(17-32-18-25(30)31)15-19-6-10-23(11-7-19)33-24-12-8-21(9-13-24)29(2)26-20(16-27)5-4-14-28-26/h4-14,22H,3,15,17-18H2,1-2H3. The molecule has 7 nitrogen and oxygen atoms in total. The van der Waals surface area contributed by atoms with E-state index in [9.17, 15) is 10.1 Å². The Balaban J connectivity index is 1.39. The SMILES string of the molecule is CCN1C(=O)COCC1Cc1ccc(Oc2ccc(N(C)c3ncccc3C#N)cc2)cc1. The van der Waals surface area contributed by atoms with Gasteiger partial charge >= 0.3 is 0 Å². The number of nitrogens with zero attached hydrogens (tertiary/aromatic N) is 4. The van der Waals surface area contributed by atoms with Crippen molar-refractivity contribution in [1.82, 2.24) is 9.88 Å². The van der Waals surface area contributed by atoms with E-state index >= 15 is 0 Å². The van der Waals surface area contributed by atoms with E-state index in [0.29, 0.717) is 30.3 Å². The van der Waals surface area contributed by atoms with Gasteiger partial charge in [0.1, 0.15) is 24.2 Å². The van der Waals surface area contributed by atoms with E-state index in [2.05, 4.69) is 11.1 Å². The van der Waals surface area contributed by atoms with Crippen molar-refractivity contribution in [3.05, 3.63) is 78.0 Å². The maximum atomic E-state index is 12.0. The number of carbonyl (C=O) groups is 1. The average molecular weight is 443 g/mol. The van der Waals surface area contributed by atoms with Gasteiger partial charge in [0.2, 0.25) is 5.91 Å². The monoisotopic (exact) mass is 442 g/mol. The zero-order valence-electron chi connectivity index (χ0n) is 18.8. The minimum atomic E-state index is 0.0506.